The molecule has 0 radical (unpaired) electrons. The van der Waals surface area contributed by atoms with E-state index in [1.165, 1.54) is 0 Å². The number of methoxy groups -OCH3 is 1. The first kappa shape index (κ1) is 15.7. The van der Waals surface area contributed by atoms with Crippen molar-refractivity contribution in [3.05, 3.63) is 24.2 Å². The van der Waals surface area contributed by atoms with E-state index in [9.17, 15) is 4.79 Å². The number of hydrogen-bond acceptors (Lipinski definition) is 5. The summed E-state index contributed by atoms with van der Waals surface area (Å²) in [5, 5.41) is 2.82. The molecular weight excluding hydrogens is 248 g/mol. The van der Waals surface area contributed by atoms with Crippen LogP contribution in [0.25, 0.3) is 0 Å². The second-order valence-corrected chi connectivity index (χ2v) is 4.34. The molecule has 0 aliphatic rings. The van der Waals surface area contributed by atoms with Crippen molar-refractivity contribution in [1.82, 2.24) is 10.2 Å². The zero-order chi connectivity index (χ0) is 14.1. The Bertz CT molecular complexity index is 352. The molecule has 1 amide bonds. The highest BCUT2D eigenvalue weighted by Gasteiger charge is 2.17. The van der Waals surface area contributed by atoms with E-state index in [1.807, 2.05) is 31.1 Å². The molecule has 1 atom stereocenters. The summed E-state index contributed by atoms with van der Waals surface area (Å²) in [4.78, 5) is 13.6. The van der Waals surface area contributed by atoms with Crippen molar-refractivity contribution in [2.75, 3.05) is 47.6 Å². The van der Waals surface area contributed by atoms with E-state index in [0.29, 0.717) is 19.8 Å². The molecule has 1 rings (SSSR count). The van der Waals surface area contributed by atoms with Gasteiger partial charge in [-0.15, -0.1) is 0 Å². The van der Waals surface area contributed by atoms with E-state index in [-0.39, 0.29) is 18.6 Å². The highest BCUT2D eigenvalue weighted by Crippen LogP contribution is 2.17. The van der Waals surface area contributed by atoms with Gasteiger partial charge >= 0.3 is 0 Å². The smallest absolute Gasteiger partial charge is 0.246 e. The van der Waals surface area contributed by atoms with Crippen LogP contribution in [-0.2, 0) is 14.3 Å². The Balaban J connectivity index is 2.30. The van der Waals surface area contributed by atoms with Crippen molar-refractivity contribution in [1.29, 1.82) is 0 Å². The number of carbonyl (C=O) groups excluding carboxylic acids is 1. The van der Waals surface area contributed by atoms with Gasteiger partial charge in [0.05, 0.1) is 25.5 Å². The van der Waals surface area contributed by atoms with Crippen LogP contribution in [0.3, 0.4) is 0 Å². The van der Waals surface area contributed by atoms with Gasteiger partial charge in [-0.05, 0) is 26.2 Å². The molecule has 1 heterocycles. The zero-order valence-corrected chi connectivity index (χ0v) is 11.7. The summed E-state index contributed by atoms with van der Waals surface area (Å²) < 4.78 is 15.3. The van der Waals surface area contributed by atoms with Crippen molar-refractivity contribution in [2.24, 2.45) is 0 Å². The molecule has 0 fully saturated rings. The number of rotatable bonds is 9. The van der Waals surface area contributed by atoms with E-state index in [1.54, 1.807) is 13.4 Å². The normalized spacial score (nSPS) is 12.6. The van der Waals surface area contributed by atoms with Crippen LogP contribution < -0.4 is 5.32 Å². The lowest BCUT2D eigenvalue weighted by molar-refractivity contribution is -0.126. The number of nitrogens with one attached hydrogen (secondary N) is 1. The molecule has 0 aliphatic carbocycles. The standard InChI is InChI=1S/C13H22N2O4/c1-15(2)11(12-5-4-6-19-12)9-14-13(16)10-18-8-7-17-3/h4-6,11H,7-10H2,1-3H3,(H,14,16). The molecule has 1 aromatic rings. The number of amides is 1. The van der Waals surface area contributed by atoms with Crippen LogP contribution in [-0.4, -0.2) is 58.4 Å². The zero-order valence-electron chi connectivity index (χ0n) is 11.7. The summed E-state index contributed by atoms with van der Waals surface area (Å²) in [7, 11) is 5.47. The largest absolute Gasteiger partial charge is 0.468 e. The molecule has 0 saturated heterocycles. The summed E-state index contributed by atoms with van der Waals surface area (Å²) in [5.74, 6) is 0.681. The van der Waals surface area contributed by atoms with Crippen molar-refractivity contribution in [2.45, 2.75) is 6.04 Å². The first-order valence-corrected chi connectivity index (χ1v) is 6.18. The summed E-state index contributed by atoms with van der Waals surface area (Å²) >= 11 is 0. The Morgan fingerprint density at radius 2 is 2.26 bits per heavy atom. The van der Waals surface area contributed by atoms with Crippen LogP contribution in [0.2, 0.25) is 0 Å². The first-order valence-electron chi connectivity index (χ1n) is 6.18. The minimum Gasteiger partial charge on any atom is -0.468 e. The number of carbonyl (C=O) groups is 1. The summed E-state index contributed by atoms with van der Waals surface area (Å²) in [6.45, 7) is 1.42. The van der Waals surface area contributed by atoms with E-state index in [0.717, 1.165) is 5.76 Å². The van der Waals surface area contributed by atoms with Gasteiger partial charge in [0.2, 0.25) is 5.91 Å². The molecule has 1 N–H and O–H groups in total. The molecule has 108 valence electrons. The predicted octanol–water partition coefficient (Wildman–Crippen LogP) is 0.662. The second kappa shape index (κ2) is 8.68. The summed E-state index contributed by atoms with van der Waals surface area (Å²) in [5.41, 5.74) is 0. The average Bonchev–Trinajstić information content (AvgIpc) is 2.88. The number of furan rings is 1. The Morgan fingerprint density at radius 3 is 2.84 bits per heavy atom. The average molecular weight is 270 g/mol. The maximum Gasteiger partial charge on any atom is 0.246 e. The van der Waals surface area contributed by atoms with Crippen molar-refractivity contribution < 1.29 is 18.7 Å². The van der Waals surface area contributed by atoms with Gasteiger partial charge in [0.1, 0.15) is 12.4 Å². The third-order valence-electron chi connectivity index (χ3n) is 2.65. The quantitative estimate of drug-likeness (QED) is 0.668. The van der Waals surface area contributed by atoms with Gasteiger partial charge < -0.3 is 19.2 Å². The highest BCUT2D eigenvalue weighted by molar-refractivity contribution is 5.77. The van der Waals surface area contributed by atoms with E-state index >= 15 is 0 Å². The van der Waals surface area contributed by atoms with Gasteiger partial charge in [0, 0.05) is 13.7 Å². The Labute approximate surface area is 113 Å². The number of nitrogens with zero attached hydrogens (tertiary/aromatic N) is 1. The lowest BCUT2D eigenvalue weighted by Crippen LogP contribution is -2.36. The van der Waals surface area contributed by atoms with E-state index < -0.39 is 0 Å². The van der Waals surface area contributed by atoms with Gasteiger partial charge in [-0.25, -0.2) is 0 Å². The highest BCUT2D eigenvalue weighted by atomic mass is 16.5. The molecule has 6 heteroatoms. The fraction of sp³-hybridized carbons (Fsp3) is 0.615. The molecule has 0 aromatic carbocycles. The molecule has 0 saturated carbocycles. The van der Waals surface area contributed by atoms with Crippen LogP contribution in [0.4, 0.5) is 0 Å². The van der Waals surface area contributed by atoms with Crippen LogP contribution in [0, 0.1) is 0 Å². The third-order valence-corrected chi connectivity index (χ3v) is 2.65. The maximum atomic E-state index is 11.6. The molecule has 6 nitrogen and oxygen atoms in total. The summed E-state index contributed by atoms with van der Waals surface area (Å²) in [6, 6.07) is 3.74. The van der Waals surface area contributed by atoms with Gasteiger partial charge in [-0.3, -0.25) is 9.69 Å². The second-order valence-electron chi connectivity index (χ2n) is 4.34. The minimum atomic E-state index is -0.144. The lowest BCUT2D eigenvalue weighted by Gasteiger charge is -2.22. The van der Waals surface area contributed by atoms with E-state index in [4.69, 9.17) is 13.9 Å². The van der Waals surface area contributed by atoms with Gasteiger partial charge in [-0.1, -0.05) is 0 Å². The molecule has 0 aliphatic heterocycles. The molecular formula is C13H22N2O4. The number of hydrogen-bond donors (Lipinski definition) is 1. The SMILES string of the molecule is COCCOCC(=O)NCC(c1ccco1)N(C)C. The van der Waals surface area contributed by atoms with Crippen molar-refractivity contribution >= 4 is 5.91 Å². The molecule has 1 aromatic heterocycles. The Morgan fingerprint density at radius 1 is 1.47 bits per heavy atom. The molecule has 1 unspecified atom stereocenters. The van der Waals surface area contributed by atoms with Gasteiger partial charge in [0.25, 0.3) is 0 Å². The van der Waals surface area contributed by atoms with Crippen molar-refractivity contribution in [3.8, 4) is 0 Å². The van der Waals surface area contributed by atoms with Crippen LogP contribution >= 0.6 is 0 Å². The maximum absolute atomic E-state index is 11.6. The fourth-order valence-corrected chi connectivity index (χ4v) is 1.59. The minimum absolute atomic E-state index is 0.0120. The topological polar surface area (TPSA) is 63.9 Å². The Hall–Kier alpha value is -1.37. The Kier molecular flexibility index (Phi) is 7.17. The van der Waals surface area contributed by atoms with Crippen LogP contribution in [0.5, 0.6) is 0 Å². The van der Waals surface area contributed by atoms with Gasteiger partial charge in [-0.2, -0.15) is 0 Å². The lowest BCUT2D eigenvalue weighted by atomic mass is 10.2. The monoisotopic (exact) mass is 270 g/mol. The van der Waals surface area contributed by atoms with Gasteiger partial charge in [0.15, 0.2) is 0 Å². The first-order chi connectivity index (χ1) is 9.15. The number of ether oxygens (including phenoxy) is 2. The van der Waals surface area contributed by atoms with E-state index in [2.05, 4.69) is 5.32 Å². The fourth-order valence-electron chi connectivity index (χ4n) is 1.59. The number of likely N-dealkylation sites (N-methyl/N-ethyl adjacent to an activating group) is 1. The molecule has 19 heavy (non-hydrogen) atoms. The molecule has 0 spiro atoms. The summed E-state index contributed by atoms with van der Waals surface area (Å²) in [6.07, 6.45) is 1.63. The van der Waals surface area contributed by atoms with Crippen molar-refractivity contribution in [3.63, 3.8) is 0 Å². The molecule has 0 bridgehead atoms. The van der Waals surface area contributed by atoms with Crippen LogP contribution in [0.15, 0.2) is 22.8 Å². The van der Waals surface area contributed by atoms with Crippen LogP contribution in [0.1, 0.15) is 11.8 Å². The predicted molar refractivity (Wildman–Crippen MR) is 70.8 cm³/mol. The third kappa shape index (κ3) is 5.87.